The smallest absolute Gasteiger partial charge is 0.183 e. The molecule has 27 heavy (non-hydrogen) atoms. The molecule has 5 nitrogen and oxygen atoms in total. The zero-order valence-electron chi connectivity index (χ0n) is 14.6. The summed E-state index contributed by atoms with van der Waals surface area (Å²) >= 11 is 0. The molecule has 1 fully saturated rings. The molecule has 0 aromatic heterocycles. The second-order valence-electron chi connectivity index (χ2n) is 7.17. The molecule has 0 spiro atoms. The van der Waals surface area contributed by atoms with Crippen LogP contribution < -0.4 is 0 Å². The van der Waals surface area contributed by atoms with Crippen LogP contribution in [-0.4, -0.2) is 51.1 Å². The van der Waals surface area contributed by atoms with Crippen molar-refractivity contribution in [1.82, 2.24) is 4.90 Å². The number of hydrogen-bond acceptors (Lipinski definition) is 5. The molecule has 2 heterocycles. The lowest BCUT2D eigenvalue weighted by Crippen LogP contribution is -2.48. The van der Waals surface area contributed by atoms with E-state index in [0.29, 0.717) is 13.1 Å². The molecule has 144 valence electrons. The summed E-state index contributed by atoms with van der Waals surface area (Å²) in [5.41, 5.74) is 2.32. The van der Waals surface area contributed by atoms with Gasteiger partial charge in [0.15, 0.2) is 19.7 Å². The van der Waals surface area contributed by atoms with E-state index in [1.54, 1.807) is 0 Å². The molecule has 1 saturated heterocycles. The molecule has 0 saturated carbocycles. The summed E-state index contributed by atoms with van der Waals surface area (Å²) in [5, 5.41) is -1.04. The molecule has 2 aliphatic rings. The van der Waals surface area contributed by atoms with E-state index in [2.05, 4.69) is 0 Å². The van der Waals surface area contributed by atoms with Crippen molar-refractivity contribution in [3.63, 3.8) is 0 Å². The van der Waals surface area contributed by atoms with E-state index in [0.717, 1.165) is 24.1 Å². The lowest BCUT2D eigenvalue weighted by molar-refractivity contribution is 0.195. The summed E-state index contributed by atoms with van der Waals surface area (Å²) in [4.78, 5) is 1.94. The third kappa shape index (κ3) is 3.53. The van der Waals surface area contributed by atoms with Crippen molar-refractivity contribution in [2.24, 2.45) is 0 Å². The van der Waals surface area contributed by atoms with E-state index in [-0.39, 0.29) is 10.6 Å². The molecule has 0 aliphatic carbocycles. The van der Waals surface area contributed by atoms with Gasteiger partial charge in [-0.2, -0.15) is 0 Å². The first kappa shape index (κ1) is 18.6. The first-order chi connectivity index (χ1) is 12.8. The Kier molecular flexibility index (Phi) is 4.60. The highest BCUT2D eigenvalue weighted by Crippen LogP contribution is 2.32. The highest BCUT2D eigenvalue weighted by atomic mass is 32.2. The van der Waals surface area contributed by atoms with Gasteiger partial charge in [-0.15, -0.1) is 0 Å². The predicted octanol–water partition coefficient (Wildman–Crippen LogP) is 1.82. The third-order valence-corrected chi connectivity index (χ3v) is 9.58. The van der Waals surface area contributed by atoms with Gasteiger partial charge in [0.1, 0.15) is 5.82 Å². The largest absolute Gasteiger partial charge is 0.293 e. The van der Waals surface area contributed by atoms with Gasteiger partial charge in [-0.05, 0) is 41.8 Å². The molecule has 0 amide bonds. The Balaban J connectivity index is 1.68. The fourth-order valence-electron chi connectivity index (χ4n) is 4.03. The van der Waals surface area contributed by atoms with Gasteiger partial charge in [0.2, 0.25) is 0 Å². The minimum atomic E-state index is -3.89. The summed E-state index contributed by atoms with van der Waals surface area (Å²) in [5.74, 6) is -1.09. The monoisotopic (exact) mass is 409 g/mol. The summed E-state index contributed by atoms with van der Waals surface area (Å²) in [6, 6.07) is 11.9. The summed E-state index contributed by atoms with van der Waals surface area (Å²) in [6.45, 7) is 1.15. The van der Waals surface area contributed by atoms with E-state index in [1.807, 2.05) is 29.2 Å². The van der Waals surface area contributed by atoms with Crippen molar-refractivity contribution >= 4 is 19.7 Å². The number of sulfone groups is 2. The molecule has 4 rings (SSSR count). The van der Waals surface area contributed by atoms with Crippen LogP contribution in [0.15, 0.2) is 53.4 Å². The number of benzene rings is 2. The Morgan fingerprint density at radius 2 is 1.63 bits per heavy atom. The summed E-state index contributed by atoms with van der Waals surface area (Å²) in [6.07, 6.45) is 0.760. The van der Waals surface area contributed by atoms with Crippen LogP contribution in [0.4, 0.5) is 4.39 Å². The van der Waals surface area contributed by atoms with Gasteiger partial charge in [-0.25, -0.2) is 21.2 Å². The maximum absolute atomic E-state index is 13.2. The number of nitrogens with zero attached hydrogens (tertiary/aromatic N) is 1. The summed E-state index contributed by atoms with van der Waals surface area (Å²) < 4.78 is 64.1. The second kappa shape index (κ2) is 6.68. The van der Waals surface area contributed by atoms with Gasteiger partial charge in [-0.1, -0.05) is 24.3 Å². The minimum Gasteiger partial charge on any atom is -0.293 e. The van der Waals surface area contributed by atoms with Crippen LogP contribution in [0.2, 0.25) is 0 Å². The Morgan fingerprint density at radius 3 is 2.33 bits per heavy atom. The number of hydrogen-bond donors (Lipinski definition) is 0. The van der Waals surface area contributed by atoms with Crippen molar-refractivity contribution in [3.05, 3.63) is 65.5 Å². The second-order valence-corrected chi connectivity index (χ2v) is 11.5. The molecule has 2 aromatic rings. The van der Waals surface area contributed by atoms with Crippen LogP contribution >= 0.6 is 0 Å². The van der Waals surface area contributed by atoms with Crippen LogP contribution in [0.3, 0.4) is 0 Å². The average Bonchev–Trinajstić information content (AvgIpc) is 2.98. The normalized spacial score (nSPS) is 25.2. The zero-order chi connectivity index (χ0) is 19.2. The number of rotatable bonds is 3. The van der Waals surface area contributed by atoms with Crippen LogP contribution in [-0.2, 0) is 32.6 Å². The first-order valence-electron chi connectivity index (χ1n) is 8.77. The molecular formula is C19H20FNO4S2. The van der Waals surface area contributed by atoms with Gasteiger partial charge >= 0.3 is 0 Å². The van der Waals surface area contributed by atoms with Crippen LogP contribution in [0.1, 0.15) is 11.1 Å². The molecule has 0 bridgehead atoms. The van der Waals surface area contributed by atoms with Crippen molar-refractivity contribution in [3.8, 4) is 0 Å². The molecular weight excluding hydrogens is 389 g/mol. The van der Waals surface area contributed by atoms with E-state index >= 15 is 0 Å². The van der Waals surface area contributed by atoms with Gasteiger partial charge in [0.25, 0.3) is 0 Å². The third-order valence-electron chi connectivity index (χ3n) is 5.44. The van der Waals surface area contributed by atoms with Crippen LogP contribution in [0.5, 0.6) is 0 Å². The van der Waals surface area contributed by atoms with Crippen LogP contribution in [0.25, 0.3) is 0 Å². The highest BCUT2D eigenvalue weighted by molar-refractivity contribution is 7.96. The molecule has 0 radical (unpaired) electrons. The van der Waals surface area contributed by atoms with Crippen molar-refractivity contribution < 1.29 is 21.2 Å². The van der Waals surface area contributed by atoms with E-state index in [9.17, 15) is 21.2 Å². The maximum atomic E-state index is 13.2. The molecule has 2 aliphatic heterocycles. The molecule has 2 atom stereocenters. The number of halogens is 1. The van der Waals surface area contributed by atoms with E-state index < -0.39 is 42.5 Å². The Bertz CT molecular complexity index is 1070. The SMILES string of the molecule is O=S1(=O)C[C@H](N2CCc3ccccc3C2)[C@@H](S(=O)(=O)c2ccc(F)cc2)C1. The van der Waals surface area contributed by atoms with Crippen molar-refractivity contribution in [1.29, 1.82) is 0 Å². The standard InChI is InChI=1S/C19H20FNO4S2/c20-16-5-7-17(8-6-16)27(24,25)19-13-26(22,23)12-18(19)21-10-9-14-3-1-2-4-15(14)11-21/h1-8,18-19H,9-13H2/t18-,19-/m0/s1. The average molecular weight is 410 g/mol. The van der Waals surface area contributed by atoms with Gasteiger partial charge in [0.05, 0.1) is 21.7 Å². The van der Waals surface area contributed by atoms with E-state index in [1.165, 1.54) is 17.7 Å². The fraction of sp³-hybridized carbons (Fsp3) is 0.368. The van der Waals surface area contributed by atoms with Gasteiger partial charge in [0, 0.05) is 19.1 Å². The van der Waals surface area contributed by atoms with Gasteiger partial charge in [-0.3, -0.25) is 4.90 Å². The topological polar surface area (TPSA) is 71.5 Å². The number of fused-ring (bicyclic) bond motifs is 1. The van der Waals surface area contributed by atoms with Gasteiger partial charge < -0.3 is 0 Å². The molecule has 0 N–H and O–H groups in total. The Hall–Kier alpha value is -1.77. The van der Waals surface area contributed by atoms with Crippen LogP contribution in [0, 0.1) is 5.82 Å². The zero-order valence-corrected chi connectivity index (χ0v) is 16.2. The fourth-order valence-corrected chi connectivity index (χ4v) is 8.86. The molecule has 8 heteroatoms. The van der Waals surface area contributed by atoms with E-state index in [4.69, 9.17) is 0 Å². The Morgan fingerprint density at radius 1 is 0.963 bits per heavy atom. The lowest BCUT2D eigenvalue weighted by atomic mass is 9.98. The molecule has 0 unspecified atom stereocenters. The molecule has 2 aromatic carbocycles. The van der Waals surface area contributed by atoms with Crippen molar-refractivity contribution in [2.75, 3.05) is 18.1 Å². The Labute approximate surface area is 158 Å². The predicted molar refractivity (Wildman–Crippen MR) is 100 cm³/mol. The van der Waals surface area contributed by atoms with Crippen molar-refractivity contribution in [2.45, 2.75) is 29.2 Å². The quantitative estimate of drug-likeness (QED) is 0.724. The summed E-state index contributed by atoms with van der Waals surface area (Å²) in [7, 11) is -7.36. The maximum Gasteiger partial charge on any atom is 0.183 e. The minimum absolute atomic E-state index is 0.0339. The highest BCUT2D eigenvalue weighted by Gasteiger charge is 2.48. The lowest BCUT2D eigenvalue weighted by Gasteiger charge is -2.35. The first-order valence-corrected chi connectivity index (χ1v) is 12.1.